The van der Waals surface area contributed by atoms with Crippen LogP contribution >= 0.6 is 11.6 Å². The van der Waals surface area contributed by atoms with Crippen LogP contribution in [-0.2, 0) is 32.6 Å². The van der Waals surface area contributed by atoms with Gasteiger partial charge in [0.1, 0.15) is 12.6 Å². The molecule has 0 aliphatic carbocycles. The number of anilines is 1. The maximum Gasteiger partial charge on any atom is 0.264 e. The highest BCUT2D eigenvalue weighted by molar-refractivity contribution is 7.92. The third kappa shape index (κ3) is 7.38. The van der Waals surface area contributed by atoms with Crippen LogP contribution < -0.4 is 9.62 Å². The van der Waals surface area contributed by atoms with Crippen molar-refractivity contribution >= 4 is 39.1 Å². The fourth-order valence-corrected chi connectivity index (χ4v) is 6.28. The molecule has 9 heteroatoms. The number of aryl methyl sites for hydroxylation is 2. The first kappa shape index (κ1) is 30.8. The predicted molar refractivity (Wildman–Crippen MR) is 167 cm³/mol. The Hall–Kier alpha value is -4.14. The minimum atomic E-state index is -4.18. The molecular formula is C33H34ClN3O4S. The van der Waals surface area contributed by atoms with Gasteiger partial charge in [-0.25, -0.2) is 8.42 Å². The molecule has 0 saturated heterocycles. The Morgan fingerprint density at radius 2 is 1.52 bits per heavy atom. The van der Waals surface area contributed by atoms with Gasteiger partial charge in [-0.2, -0.15) is 0 Å². The number of sulfonamides is 1. The van der Waals surface area contributed by atoms with Gasteiger partial charge in [0.05, 0.1) is 10.6 Å². The lowest BCUT2D eigenvalue weighted by molar-refractivity contribution is -0.139. The van der Waals surface area contributed by atoms with E-state index in [1.54, 1.807) is 30.3 Å². The molecule has 1 N–H and O–H groups in total. The lowest BCUT2D eigenvalue weighted by atomic mass is 10.0. The highest BCUT2D eigenvalue weighted by Gasteiger charge is 2.34. The van der Waals surface area contributed by atoms with Gasteiger partial charge in [0.2, 0.25) is 11.8 Å². The van der Waals surface area contributed by atoms with Gasteiger partial charge in [-0.15, -0.1) is 0 Å². The molecule has 1 atom stereocenters. The minimum Gasteiger partial charge on any atom is -0.357 e. The van der Waals surface area contributed by atoms with Crippen molar-refractivity contribution in [3.05, 3.63) is 130 Å². The van der Waals surface area contributed by atoms with Crippen molar-refractivity contribution in [1.29, 1.82) is 0 Å². The minimum absolute atomic E-state index is 0.0402. The molecule has 2 amide bonds. The van der Waals surface area contributed by atoms with Crippen LogP contribution in [0.15, 0.2) is 108 Å². The number of rotatable bonds is 11. The SMILES string of the molecule is CNC(=O)[C@@H](Cc1ccccc1)N(Cc1ccccc1C)C(=O)CN(c1cccc(Cl)c1)S(=O)(=O)c1ccc(C)cc1. The van der Waals surface area contributed by atoms with Crippen LogP contribution in [0.5, 0.6) is 0 Å². The third-order valence-corrected chi connectivity index (χ3v) is 9.13. The molecule has 0 aliphatic heterocycles. The van der Waals surface area contributed by atoms with Crippen molar-refractivity contribution in [2.24, 2.45) is 0 Å². The standard InChI is InChI=1S/C33H34ClN3O4S/c1-24-16-18-30(19-17-24)42(40,41)37(29-15-9-14-28(34)21-29)23-32(38)36(22-27-13-8-7-10-25(27)2)31(33(39)35-3)20-26-11-5-4-6-12-26/h4-19,21,31H,20,22-23H2,1-3H3,(H,35,39)/t31-/m1/s1. The van der Waals surface area contributed by atoms with Gasteiger partial charge < -0.3 is 10.2 Å². The molecule has 4 aromatic rings. The van der Waals surface area contributed by atoms with Gasteiger partial charge in [-0.1, -0.05) is 90.0 Å². The van der Waals surface area contributed by atoms with E-state index in [9.17, 15) is 18.0 Å². The summed E-state index contributed by atoms with van der Waals surface area (Å²) in [5.74, 6) is -0.880. The zero-order valence-corrected chi connectivity index (χ0v) is 25.4. The normalized spacial score (nSPS) is 11.9. The summed E-state index contributed by atoms with van der Waals surface area (Å²) in [7, 11) is -2.66. The van der Waals surface area contributed by atoms with Crippen molar-refractivity contribution in [3.63, 3.8) is 0 Å². The first-order valence-electron chi connectivity index (χ1n) is 13.5. The summed E-state index contributed by atoms with van der Waals surface area (Å²) in [6.45, 7) is 3.38. The molecule has 7 nitrogen and oxygen atoms in total. The smallest absolute Gasteiger partial charge is 0.264 e. The van der Waals surface area contributed by atoms with Crippen LogP contribution in [0.3, 0.4) is 0 Å². The Labute approximate surface area is 252 Å². The third-order valence-electron chi connectivity index (χ3n) is 7.10. The summed E-state index contributed by atoms with van der Waals surface area (Å²) in [5.41, 5.74) is 3.81. The molecule has 0 bridgehead atoms. The molecule has 4 rings (SSSR count). The first-order valence-corrected chi connectivity index (χ1v) is 15.4. The topological polar surface area (TPSA) is 86.8 Å². The largest absolute Gasteiger partial charge is 0.357 e. The van der Waals surface area contributed by atoms with Crippen LogP contribution in [-0.4, -0.2) is 44.8 Å². The molecule has 0 aliphatic rings. The number of amides is 2. The second kappa shape index (κ2) is 13.7. The molecule has 4 aromatic carbocycles. The monoisotopic (exact) mass is 603 g/mol. The Morgan fingerprint density at radius 3 is 2.17 bits per heavy atom. The molecule has 0 radical (unpaired) electrons. The van der Waals surface area contributed by atoms with Crippen molar-refractivity contribution in [3.8, 4) is 0 Å². The Balaban J connectivity index is 1.80. The highest BCUT2D eigenvalue weighted by Crippen LogP contribution is 2.27. The molecular weight excluding hydrogens is 570 g/mol. The second-order valence-corrected chi connectivity index (χ2v) is 12.4. The van der Waals surface area contributed by atoms with Gasteiger partial charge >= 0.3 is 0 Å². The maximum atomic E-state index is 14.3. The summed E-state index contributed by atoms with van der Waals surface area (Å²) in [6, 6.07) is 28.9. The summed E-state index contributed by atoms with van der Waals surface area (Å²) in [6.07, 6.45) is 0.250. The van der Waals surface area contributed by atoms with E-state index >= 15 is 0 Å². The number of carbonyl (C=O) groups excluding carboxylic acids is 2. The van der Waals surface area contributed by atoms with Gasteiger partial charge in [-0.3, -0.25) is 13.9 Å². The molecule has 0 saturated carbocycles. The Bertz CT molecular complexity index is 1640. The summed E-state index contributed by atoms with van der Waals surface area (Å²) in [5, 5.41) is 3.02. The quantitative estimate of drug-likeness (QED) is 0.244. The average molecular weight is 604 g/mol. The van der Waals surface area contributed by atoms with E-state index in [-0.39, 0.29) is 29.5 Å². The number of hydrogen-bond acceptors (Lipinski definition) is 4. The van der Waals surface area contributed by atoms with E-state index in [1.807, 2.05) is 68.4 Å². The highest BCUT2D eigenvalue weighted by atomic mass is 35.5. The summed E-state index contributed by atoms with van der Waals surface area (Å²) >= 11 is 6.26. The molecule has 0 aromatic heterocycles. The van der Waals surface area contributed by atoms with Crippen molar-refractivity contribution < 1.29 is 18.0 Å². The van der Waals surface area contributed by atoms with E-state index in [0.717, 1.165) is 26.6 Å². The van der Waals surface area contributed by atoms with Crippen LogP contribution in [0.1, 0.15) is 22.3 Å². The van der Waals surface area contributed by atoms with Crippen molar-refractivity contribution in [2.45, 2.75) is 37.8 Å². The maximum absolute atomic E-state index is 14.3. The predicted octanol–water partition coefficient (Wildman–Crippen LogP) is 5.54. The zero-order chi connectivity index (χ0) is 30.3. The lowest BCUT2D eigenvalue weighted by Crippen LogP contribution is -2.53. The molecule has 42 heavy (non-hydrogen) atoms. The van der Waals surface area contributed by atoms with Crippen LogP contribution in [0, 0.1) is 13.8 Å². The molecule has 0 spiro atoms. The first-order chi connectivity index (χ1) is 20.1. The number of benzene rings is 4. The molecule has 218 valence electrons. The average Bonchev–Trinajstić information content (AvgIpc) is 2.98. The molecule has 0 heterocycles. The Morgan fingerprint density at radius 1 is 0.857 bits per heavy atom. The van der Waals surface area contributed by atoms with E-state index in [0.29, 0.717) is 5.02 Å². The van der Waals surface area contributed by atoms with Gasteiger partial charge in [-0.05, 0) is 60.9 Å². The van der Waals surface area contributed by atoms with Gasteiger partial charge in [0.25, 0.3) is 10.0 Å². The van der Waals surface area contributed by atoms with Crippen LogP contribution in [0.25, 0.3) is 0 Å². The van der Waals surface area contributed by atoms with E-state index in [1.165, 1.54) is 30.1 Å². The van der Waals surface area contributed by atoms with Crippen molar-refractivity contribution in [1.82, 2.24) is 10.2 Å². The Kier molecular flexibility index (Phi) is 10.0. The number of nitrogens with one attached hydrogen (secondary N) is 1. The van der Waals surface area contributed by atoms with Crippen LogP contribution in [0.2, 0.25) is 5.02 Å². The van der Waals surface area contributed by atoms with Crippen LogP contribution in [0.4, 0.5) is 5.69 Å². The molecule has 0 fully saturated rings. The van der Waals surface area contributed by atoms with Crippen molar-refractivity contribution in [2.75, 3.05) is 17.9 Å². The number of nitrogens with zero attached hydrogens (tertiary/aromatic N) is 2. The summed E-state index contributed by atoms with van der Waals surface area (Å²) < 4.78 is 29.1. The van der Waals surface area contributed by atoms with E-state index in [2.05, 4.69) is 5.32 Å². The fraction of sp³-hybridized carbons (Fsp3) is 0.212. The van der Waals surface area contributed by atoms with E-state index in [4.69, 9.17) is 11.6 Å². The summed E-state index contributed by atoms with van der Waals surface area (Å²) in [4.78, 5) is 29.2. The van der Waals surface area contributed by atoms with Gasteiger partial charge in [0, 0.05) is 25.0 Å². The van der Waals surface area contributed by atoms with Gasteiger partial charge in [0.15, 0.2) is 0 Å². The number of hydrogen-bond donors (Lipinski definition) is 1. The molecule has 0 unspecified atom stereocenters. The number of halogens is 1. The zero-order valence-electron chi connectivity index (χ0n) is 23.8. The second-order valence-electron chi connectivity index (χ2n) is 10.1. The number of carbonyl (C=O) groups is 2. The number of likely N-dealkylation sites (N-methyl/N-ethyl adjacent to an activating group) is 1. The lowest BCUT2D eigenvalue weighted by Gasteiger charge is -2.34. The van der Waals surface area contributed by atoms with E-state index < -0.39 is 28.5 Å². The fourth-order valence-electron chi connectivity index (χ4n) is 4.69.